The Bertz CT molecular complexity index is 1280. The van der Waals surface area contributed by atoms with Crippen LogP contribution in [0, 0.1) is 18.7 Å². The molecule has 0 aliphatic heterocycles. The average molecular weight is 511 g/mol. The van der Waals surface area contributed by atoms with Gasteiger partial charge in [-0.25, -0.2) is 19.3 Å². The normalized spacial score (nSPS) is 11.5. The number of halogens is 1. The smallest absolute Gasteiger partial charge is 0.213 e. The quantitative estimate of drug-likeness (QED) is 0.299. The van der Waals surface area contributed by atoms with E-state index in [1.165, 1.54) is 12.4 Å². The van der Waals surface area contributed by atoms with Crippen LogP contribution in [0.15, 0.2) is 48.8 Å². The second-order valence-corrected chi connectivity index (χ2v) is 8.50. The Morgan fingerprint density at radius 1 is 0.946 bits per heavy atom. The summed E-state index contributed by atoms with van der Waals surface area (Å²) in [5.74, 6) is 4.23. The minimum Gasteiger partial charge on any atom is -0.494 e. The standard InChI is InChI=1S/C18H20N4O3.C9H13FN2.H2/c1-5-25-16-11-6-8-13(19-16)18-21-20-12(2)22(18)17-14(23-3)9-7-10-15(17)24-4;1-6(2)7(3)9-11-4-8(10)5-12-9;/h6-11H,5H2,1-4H3;4-7H,1-3H3;1H/t;7-;/m.0./s1. The van der Waals surface area contributed by atoms with Crippen molar-refractivity contribution in [3.8, 4) is 34.6 Å². The zero-order valence-electron chi connectivity index (χ0n) is 22.3. The summed E-state index contributed by atoms with van der Waals surface area (Å²) in [6.07, 6.45) is 2.42. The number of para-hydroxylation sites is 1. The van der Waals surface area contributed by atoms with Crippen molar-refractivity contribution < 1.29 is 20.0 Å². The van der Waals surface area contributed by atoms with Crippen LogP contribution in [0.5, 0.6) is 17.4 Å². The fourth-order valence-electron chi connectivity index (χ4n) is 3.47. The second kappa shape index (κ2) is 12.8. The summed E-state index contributed by atoms with van der Waals surface area (Å²) in [5.41, 5.74) is 1.38. The van der Waals surface area contributed by atoms with E-state index in [-0.39, 0.29) is 13.2 Å². The summed E-state index contributed by atoms with van der Waals surface area (Å²) in [7, 11) is 3.23. The van der Waals surface area contributed by atoms with Crippen molar-refractivity contribution >= 4 is 0 Å². The molecule has 1 aromatic carbocycles. The predicted octanol–water partition coefficient (Wildman–Crippen LogP) is 5.67. The van der Waals surface area contributed by atoms with Gasteiger partial charge in [-0.1, -0.05) is 32.9 Å². The van der Waals surface area contributed by atoms with Crippen LogP contribution in [0.3, 0.4) is 0 Å². The lowest BCUT2D eigenvalue weighted by atomic mass is 9.97. The van der Waals surface area contributed by atoms with E-state index in [2.05, 4.69) is 39.0 Å². The van der Waals surface area contributed by atoms with Crippen LogP contribution in [0.25, 0.3) is 17.2 Å². The van der Waals surface area contributed by atoms with Gasteiger partial charge < -0.3 is 14.2 Å². The number of methoxy groups -OCH3 is 2. The number of hydrogen-bond acceptors (Lipinski definition) is 8. The molecule has 0 radical (unpaired) electrons. The van der Waals surface area contributed by atoms with E-state index in [4.69, 9.17) is 14.2 Å². The molecule has 0 unspecified atom stereocenters. The monoisotopic (exact) mass is 510 g/mol. The molecule has 9 nitrogen and oxygen atoms in total. The van der Waals surface area contributed by atoms with Crippen molar-refractivity contribution in [3.05, 3.63) is 66.3 Å². The van der Waals surface area contributed by atoms with E-state index in [0.29, 0.717) is 53.1 Å². The Kier molecular flexibility index (Phi) is 9.48. The van der Waals surface area contributed by atoms with Gasteiger partial charge in [0.25, 0.3) is 0 Å². The molecule has 4 rings (SSSR count). The number of aryl methyl sites for hydroxylation is 1. The first kappa shape index (κ1) is 27.5. The van der Waals surface area contributed by atoms with Gasteiger partial charge in [0.15, 0.2) is 11.6 Å². The summed E-state index contributed by atoms with van der Waals surface area (Å²) >= 11 is 0. The molecule has 198 valence electrons. The maximum absolute atomic E-state index is 12.4. The molecule has 3 heterocycles. The molecule has 0 spiro atoms. The van der Waals surface area contributed by atoms with Gasteiger partial charge in [0.2, 0.25) is 5.88 Å². The highest BCUT2D eigenvalue weighted by Gasteiger charge is 2.21. The lowest BCUT2D eigenvalue weighted by Crippen LogP contribution is -2.06. The summed E-state index contributed by atoms with van der Waals surface area (Å²) in [5, 5.41) is 8.52. The average Bonchev–Trinajstić information content (AvgIpc) is 3.29. The summed E-state index contributed by atoms with van der Waals surface area (Å²) in [6, 6.07) is 11.2. The Hall–Kier alpha value is -4.08. The van der Waals surface area contributed by atoms with Gasteiger partial charge in [0.1, 0.15) is 34.5 Å². The van der Waals surface area contributed by atoms with Crippen molar-refractivity contribution in [3.63, 3.8) is 0 Å². The number of hydrogen-bond donors (Lipinski definition) is 0. The first-order valence-electron chi connectivity index (χ1n) is 12.0. The van der Waals surface area contributed by atoms with Gasteiger partial charge >= 0.3 is 0 Å². The largest absolute Gasteiger partial charge is 0.494 e. The summed E-state index contributed by atoms with van der Waals surface area (Å²) < 4.78 is 30.8. The van der Waals surface area contributed by atoms with Gasteiger partial charge in [-0.05, 0) is 38.0 Å². The van der Waals surface area contributed by atoms with E-state index in [1.54, 1.807) is 14.2 Å². The number of rotatable bonds is 8. The van der Waals surface area contributed by atoms with Crippen LogP contribution in [-0.4, -0.2) is 50.5 Å². The molecule has 0 N–H and O–H groups in total. The second-order valence-electron chi connectivity index (χ2n) is 8.50. The van der Waals surface area contributed by atoms with E-state index in [1.807, 2.05) is 61.7 Å². The topological polar surface area (TPSA) is 97.1 Å². The third-order valence-electron chi connectivity index (χ3n) is 5.74. The van der Waals surface area contributed by atoms with Crippen LogP contribution in [0.4, 0.5) is 4.39 Å². The van der Waals surface area contributed by atoms with Crippen LogP contribution in [0.2, 0.25) is 0 Å². The Morgan fingerprint density at radius 3 is 2.14 bits per heavy atom. The molecule has 4 aromatic rings. The van der Waals surface area contributed by atoms with Crippen molar-refractivity contribution in [2.45, 2.75) is 40.5 Å². The molecule has 0 aliphatic rings. The summed E-state index contributed by atoms with van der Waals surface area (Å²) in [4.78, 5) is 12.3. The molecule has 0 saturated carbocycles. The zero-order valence-corrected chi connectivity index (χ0v) is 22.3. The fraction of sp³-hybridized carbons (Fsp3) is 0.370. The number of nitrogens with zero attached hydrogens (tertiary/aromatic N) is 6. The van der Waals surface area contributed by atoms with E-state index < -0.39 is 0 Å². The molecule has 10 heteroatoms. The van der Waals surface area contributed by atoms with Gasteiger partial charge in [-0.2, -0.15) is 0 Å². The highest BCUT2D eigenvalue weighted by Crippen LogP contribution is 2.35. The highest BCUT2D eigenvalue weighted by atomic mass is 19.1. The molecular formula is C27H35FN6O3. The maximum Gasteiger partial charge on any atom is 0.213 e. The number of benzene rings is 1. The Morgan fingerprint density at radius 2 is 1.57 bits per heavy atom. The highest BCUT2D eigenvalue weighted by molar-refractivity contribution is 5.63. The lowest BCUT2D eigenvalue weighted by molar-refractivity contribution is 0.327. The van der Waals surface area contributed by atoms with E-state index >= 15 is 0 Å². The minimum atomic E-state index is -0.380. The predicted molar refractivity (Wildman–Crippen MR) is 141 cm³/mol. The van der Waals surface area contributed by atoms with E-state index in [0.717, 1.165) is 5.69 Å². The van der Waals surface area contributed by atoms with Crippen LogP contribution >= 0.6 is 0 Å². The third-order valence-corrected chi connectivity index (χ3v) is 5.74. The van der Waals surface area contributed by atoms with Crippen LogP contribution in [-0.2, 0) is 0 Å². The first-order valence-corrected chi connectivity index (χ1v) is 12.0. The van der Waals surface area contributed by atoms with Crippen LogP contribution < -0.4 is 14.2 Å². The number of ether oxygens (including phenoxy) is 3. The molecule has 37 heavy (non-hydrogen) atoms. The molecule has 0 amide bonds. The van der Waals surface area contributed by atoms with Crippen LogP contribution in [0.1, 0.15) is 46.7 Å². The SMILES string of the molecule is CC(C)[C@H](C)c1ncc(F)cn1.CCOc1cccc(-c2nnc(C)n2-c2c(OC)cccc2OC)n1.[HH]. The molecule has 0 fully saturated rings. The molecule has 0 bridgehead atoms. The molecule has 3 aromatic heterocycles. The summed E-state index contributed by atoms with van der Waals surface area (Å²) in [6.45, 7) is 10.6. The minimum absolute atomic E-state index is 0. The van der Waals surface area contributed by atoms with Crippen molar-refractivity contribution in [2.24, 2.45) is 5.92 Å². The zero-order chi connectivity index (χ0) is 26.9. The lowest BCUT2D eigenvalue weighted by Gasteiger charge is -2.16. The molecule has 0 saturated heterocycles. The molecular weight excluding hydrogens is 475 g/mol. The van der Waals surface area contributed by atoms with Gasteiger partial charge in [0, 0.05) is 13.4 Å². The van der Waals surface area contributed by atoms with Gasteiger partial charge in [-0.3, -0.25) is 4.57 Å². The Labute approximate surface area is 218 Å². The van der Waals surface area contributed by atoms with Gasteiger partial charge in [-0.15, -0.1) is 10.2 Å². The van der Waals surface area contributed by atoms with E-state index in [9.17, 15) is 4.39 Å². The molecule has 1 atom stereocenters. The van der Waals surface area contributed by atoms with Gasteiger partial charge in [0.05, 0.1) is 33.2 Å². The number of aromatic nitrogens is 6. The van der Waals surface area contributed by atoms with Crippen molar-refractivity contribution in [1.82, 2.24) is 29.7 Å². The first-order chi connectivity index (χ1) is 17.8. The van der Waals surface area contributed by atoms with Crippen molar-refractivity contribution in [2.75, 3.05) is 20.8 Å². The number of pyridine rings is 1. The Balaban J connectivity index is 0.000000330. The third kappa shape index (κ3) is 6.58. The molecule has 0 aliphatic carbocycles. The van der Waals surface area contributed by atoms with Crippen molar-refractivity contribution in [1.29, 1.82) is 0 Å². The fourth-order valence-corrected chi connectivity index (χ4v) is 3.47. The maximum atomic E-state index is 12.4.